The van der Waals surface area contributed by atoms with Gasteiger partial charge in [0.2, 0.25) is 0 Å². The Morgan fingerprint density at radius 3 is 2.85 bits per heavy atom. The number of hydrogen-bond donors (Lipinski definition) is 2. The van der Waals surface area contributed by atoms with Gasteiger partial charge in [0.15, 0.2) is 0 Å². The topological polar surface area (TPSA) is 66.5 Å². The van der Waals surface area contributed by atoms with E-state index in [2.05, 4.69) is 56.7 Å². The van der Waals surface area contributed by atoms with Crippen molar-refractivity contribution in [2.45, 2.75) is 6.54 Å². The second-order valence-corrected chi connectivity index (χ2v) is 6.42. The quantitative estimate of drug-likeness (QED) is 0.489. The second kappa shape index (κ2) is 6.53. The highest BCUT2D eigenvalue weighted by Gasteiger charge is 2.10. The van der Waals surface area contributed by atoms with E-state index in [0.29, 0.717) is 6.54 Å². The average Bonchev–Trinajstić information content (AvgIpc) is 3.21. The molecule has 0 amide bonds. The average molecular weight is 351 g/mol. The molecular weight excluding hydrogens is 334 g/mol. The molecule has 5 aromatic rings. The molecule has 0 aliphatic carbocycles. The molecule has 0 bridgehead atoms. The Morgan fingerprint density at radius 2 is 1.93 bits per heavy atom. The molecule has 0 spiro atoms. The molecule has 0 saturated carbocycles. The number of rotatable bonds is 4. The first-order valence-electron chi connectivity index (χ1n) is 8.83. The predicted molar refractivity (Wildman–Crippen MR) is 108 cm³/mol. The lowest BCUT2D eigenvalue weighted by atomic mass is 10.0. The number of aromatic amines is 1. The predicted octanol–water partition coefficient (Wildman–Crippen LogP) is 4.79. The Bertz CT molecular complexity index is 1230. The summed E-state index contributed by atoms with van der Waals surface area (Å²) in [6, 6.07) is 18.6. The van der Waals surface area contributed by atoms with Crippen LogP contribution in [0.1, 0.15) is 5.56 Å². The van der Waals surface area contributed by atoms with E-state index in [9.17, 15) is 0 Å². The van der Waals surface area contributed by atoms with E-state index in [1.165, 1.54) is 0 Å². The van der Waals surface area contributed by atoms with Crippen LogP contribution in [0.3, 0.4) is 0 Å². The molecule has 27 heavy (non-hydrogen) atoms. The number of benzene rings is 1. The molecule has 0 aliphatic heterocycles. The van der Waals surface area contributed by atoms with Gasteiger partial charge < -0.3 is 10.3 Å². The Labute approximate surface area is 156 Å². The van der Waals surface area contributed by atoms with E-state index in [1.54, 1.807) is 6.20 Å². The van der Waals surface area contributed by atoms with Crippen molar-refractivity contribution in [3.8, 4) is 11.1 Å². The molecule has 0 aliphatic rings. The first kappa shape index (κ1) is 15.5. The van der Waals surface area contributed by atoms with E-state index in [4.69, 9.17) is 4.98 Å². The minimum absolute atomic E-state index is 0.675. The monoisotopic (exact) mass is 351 g/mol. The number of H-pyrrole nitrogens is 1. The Morgan fingerprint density at radius 1 is 0.963 bits per heavy atom. The normalized spacial score (nSPS) is 11.1. The van der Waals surface area contributed by atoms with Crippen molar-refractivity contribution in [1.82, 2.24) is 19.9 Å². The summed E-state index contributed by atoms with van der Waals surface area (Å²) in [6.07, 6.45) is 7.38. The van der Waals surface area contributed by atoms with E-state index < -0.39 is 0 Å². The Hall–Kier alpha value is -3.73. The van der Waals surface area contributed by atoms with Crippen LogP contribution >= 0.6 is 0 Å². The van der Waals surface area contributed by atoms with E-state index in [0.717, 1.165) is 44.4 Å². The third-order valence-corrected chi connectivity index (χ3v) is 4.64. The van der Waals surface area contributed by atoms with Crippen LogP contribution in [0.25, 0.3) is 33.1 Å². The first-order valence-corrected chi connectivity index (χ1v) is 8.83. The van der Waals surface area contributed by atoms with Gasteiger partial charge in [0.25, 0.3) is 0 Å². The van der Waals surface area contributed by atoms with Crippen molar-refractivity contribution >= 4 is 27.8 Å². The summed E-state index contributed by atoms with van der Waals surface area (Å²) in [4.78, 5) is 16.5. The minimum atomic E-state index is 0.675. The largest absolute Gasteiger partial charge is 0.366 e. The van der Waals surface area contributed by atoms with E-state index in [1.807, 2.05) is 36.8 Å². The summed E-state index contributed by atoms with van der Waals surface area (Å²) in [5.74, 6) is 0.829. The van der Waals surface area contributed by atoms with Gasteiger partial charge in [-0.05, 0) is 53.1 Å². The van der Waals surface area contributed by atoms with E-state index in [-0.39, 0.29) is 0 Å². The second-order valence-electron chi connectivity index (χ2n) is 6.42. The number of pyridine rings is 3. The maximum atomic E-state index is 4.70. The van der Waals surface area contributed by atoms with Gasteiger partial charge in [-0.2, -0.15) is 0 Å². The van der Waals surface area contributed by atoms with Crippen LogP contribution in [0.15, 0.2) is 79.4 Å². The molecular formula is C22H17N5. The minimum Gasteiger partial charge on any atom is -0.366 e. The van der Waals surface area contributed by atoms with Gasteiger partial charge >= 0.3 is 0 Å². The third-order valence-electron chi connectivity index (χ3n) is 4.64. The number of fused-ring (bicyclic) bond motifs is 2. The summed E-state index contributed by atoms with van der Waals surface area (Å²) < 4.78 is 0. The van der Waals surface area contributed by atoms with Gasteiger partial charge in [-0.1, -0.05) is 18.2 Å². The Kier molecular flexibility index (Phi) is 3.76. The number of anilines is 1. The number of aromatic nitrogens is 4. The molecule has 130 valence electrons. The smallest absolute Gasteiger partial charge is 0.140 e. The maximum Gasteiger partial charge on any atom is 0.140 e. The fraction of sp³-hybridized carbons (Fsp3) is 0.0455. The molecule has 0 unspecified atom stereocenters. The molecule has 2 N–H and O–H groups in total. The third kappa shape index (κ3) is 3.00. The van der Waals surface area contributed by atoms with Crippen molar-refractivity contribution in [2.24, 2.45) is 0 Å². The highest BCUT2D eigenvalue weighted by molar-refractivity contribution is 5.97. The van der Waals surface area contributed by atoms with Crippen LogP contribution < -0.4 is 5.32 Å². The van der Waals surface area contributed by atoms with Crippen LogP contribution in [0.4, 0.5) is 5.82 Å². The molecule has 5 heteroatoms. The van der Waals surface area contributed by atoms with Crippen LogP contribution in [0.2, 0.25) is 0 Å². The standard InChI is InChI=1S/C22H17N5/c1-3-15(13-23-8-1)14-26-21-12-19(18-7-10-25-22(18)27-21)16-5-6-20-17(11-16)4-2-9-24-20/h1-13H,14H2,(H2,25,26,27). The molecule has 0 fully saturated rings. The van der Waals surface area contributed by atoms with Crippen molar-refractivity contribution in [1.29, 1.82) is 0 Å². The highest BCUT2D eigenvalue weighted by Crippen LogP contribution is 2.31. The lowest BCUT2D eigenvalue weighted by Crippen LogP contribution is -2.02. The summed E-state index contributed by atoms with van der Waals surface area (Å²) in [5, 5.41) is 5.63. The zero-order chi connectivity index (χ0) is 18.1. The van der Waals surface area contributed by atoms with E-state index >= 15 is 0 Å². The van der Waals surface area contributed by atoms with Crippen LogP contribution in [0.5, 0.6) is 0 Å². The molecule has 0 atom stereocenters. The fourth-order valence-electron chi connectivity index (χ4n) is 3.31. The maximum absolute atomic E-state index is 4.70. The van der Waals surface area contributed by atoms with Crippen LogP contribution in [-0.4, -0.2) is 19.9 Å². The molecule has 5 rings (SSSR count). The van der Waals surface area contributed by atoms with Crippen molar-refractivity contribution in [3.05, 3.63) is 84.9 Å². The van der Waals surface area contributed by atoms with Gasteiger partial charge in [0.05, 0.1) is 5.52 Å². The van der Waals surface area contributed by atoms with Gasteiger partial charge in [-0.15, -0.1) is 0 Å². The Balaban J connectivity index is 1.57. The zero-order valence-electron chi connectivity index (χ0n) is 14.6. The summed E-state index contributed by atoms with van der Waals surface area (Å²) in [7, 11) is 0. The first-order chi connectivity index (χ1) is 13.4. The summed E-state index contributed by atoms with van der Waals surface area (Å²) in [6.45, 7) is 0.675. The van der Waals surface area contributed by atoms with Crippen LogP contribution in [-0.2, 0) is 6.54 Å². The lowest BCUT2D eigenvalue weighted by Gasteiger charge is -2.10. The van der Waals surface area contributed by atoms with Crippen LogP contribution in [0, 0.1) is 0 Å². The van der Waals surface area contributed by atoms with Crippen molar-refractivity contribution in [3.63, 3.8) is 0 Å². The highest BCUT2D eigenvalue weighted by atomic mass is 15.0. The SMILES string of the molecule is c1cncc(CNc2cc(-c3ccc4ncccc4c3)c3cc[nH]c3n2)c1. The van der Waals surface area contributed by atoms with Gasteiger partial charge in [-0.25, -0.2) is 4.98 Å². The van der Waals surface area contributed by atoms with Crippen molar-refractivity contribution in [2.75, 3.05) is 5.32 Å². The lowest BCUT2D eigenvalue weighted by molar-refractivity contribution is 1.09. The van der Waals surface area contributed by atoms with Gasteiger partial charge in [-0.3, -0.25) is 9.97 Å². The molecule has 0 radical (unpaired) electrons. The summed E-state index contributed by atoms with van der Waals surface area (Å²) in [5.41, 5.74) is 5.26. The van der Waals surface area contributed by atoms with Crippen molar-refractivity contribution < 1.29 is 0 Å². The summed E-state index contributed by atoms with van der Waals surface area (Å²) >= 11 is 0. The molecule has 4 heterocycles. The molecule has 0 saturated heterocycles. The number of hydrogen-bond acceptors (Lipinski definition) is 4. The molecule has 4 aromatic heterocycles. The molecule has 5 nitrogen and oxygen atoms in total. The zero-order valence-corrected chi connectivity index (χ0v) is 14.6. The van der Waals surface area contributed by atoms with Gasteiger partial charge in [0.1, 0.15) is 11.5 Å². The molecule has 1 aromatic carbocycles. The fourth-order valence-corrected chi connectivity index (χ4v) is 3.31. The number of nitrogens with zero attached hydrogens (tertiary/aromatic N) is 3. The van der Waals surface area contributed by atoms with Gasteiger partial charge in [0, 0.05) is 42.1 Å². The number of nitrogens with one attached hydrogen (secondary N) is 2.